The van der Waals surface area contributed by atoms with Crippen LogP contribution in [0.4, 0.5) is 0 Å². The molecule has 0 heterocycles. The van der Waals surface area contributed by atoms with E-state index in [0.29, 0.717) is 0 Å². The van der Waals surface area contributed by atoms with Crippen LogP contribution in [0.3, 0.4) is 0 Å². The summed E-state index contributed by atoms with van der Waals surface area (Å²) in [6, 6.07) is 0. The molecule has 0 atom stereocenters. The van der Waals surface area contributed by atoms with Crippen LogP contribution < -0.4 is 0 Å². The van der Waals surface area contributed by atoms with E-state index >= 15 is 0 Å². The third-order valence-electron chi connectivity index (χ3n) is 0. The number of hydrogen-bond donors (Lipinski definition) is 0. The minimum atomic E-state index is 0. The van der Waals surface area contributed by atoms with Gasteiger partial charge in [-0.25, -0.2) is 0 Å². The molecule has 0 unspecified atom stereocenters. The SMILES string of the molecule is BB.[AlH3].[Ce]. The van der Waals surface area contributed by atoms with Crippen LogP contribution in [0.5, 0.6) is 0 Å². The van der Waals surface area contributed by atoms with Gasteiger partial charge in [0.05, 0.1) is 15.5 Å². The molecule has 0 bridgehead atoms. The summed E-state index contributed by atoms with van der Waals surface area (Å²) in [6.07, 6.45) is 0. The van der Waals surface area contributed by atoms with E-state index in [4.69, 9.17) is 0 Å². The Kier molecular flexibility index (Phi) is 82.1. The summed E-state index contributed by atoms with van der Waals surface area (Å²) in [7, 11) is 4.00. The Bertz CT molecular complexity index is 6.00. The average Bonchev–Trinajstić information content (AvgIpc) is 1.00. The molecule has 20 valence electrons. The first-order valence-corrected chi connectivity index (χ1v) is 1.00. The molecule has 0 fully saturated rings. The van der Waals surface area contributed by atoms with Crippen LogP contribution in [0.1, 0.15) is 0 Å². The van der Waals surface area contributed by atoms with Crippen molar-refractivity contribution in [3.63, 3.8) is 0 Å². The molecule has 0 amide bonds. The molecule has 0 aromatic carbocycles. The minimum Gasteiger partial charge on any atom is 0 e. The van der Waals surface area contributed by atoms with Gasteiger partial charge in [0.15, 0.2) is 17.4 Å². The molecular weight excluding hydrogens is 189 g/mol. The van der Waals surface area contributed by atoms with Gasteiger partial charge in [0.25, 0.3) is 0 Å². The van der Waals surface area contributed by atoms with E-state index in [1.807, 2.05) is 15.5 Å². The van der Waals surface area contributed by atoms with Crippen molar-refractivity contribution >= 4 is 32.8 Å². The summed E-state index contributed by atoms with van der Waals surface area (Å²) < 4.78 is 0. The zero-order chi connectivity index (χ0) is 2.00. The molecule has 0 nitrogen and oxygen atoms in total. The molecule has 0 radical (unpaired) electrons. The van der Waals surface area contributed by atoms with Crippen LogP contribution in [-0.4, -0.2) is 32.8 Å². The van der Waals surface area contributed by atoms with Crippen LogP contribution in [0.25, 0.3) is 0 Å². The summed E-state index contributed by atoms with van der Waals surface area (Å²) in [6.45, 7) is 0. The van der Waals surface area contributed by atoms with Gasteiger partial charge in [-0.05, 0) is 0 Å². The third-order valence-corrected chi connectivity index (χ3v) is 0. The maximum Gasteiger partial charge on any atom is 0.187 e. The summed E-state index contributed by atoms with van der Waals surface area (Å²) in [5.41, 5.74) is 0. The van der Waals surface area contributed by atoms with Crippen molar-refractivity contribution in [3.8, 4) is 0 Å². The van der Waals surface area contributed by atoms with Crippen LogP contribution in [-0.2, 0) is 0 Å². The second kappa shape index (κ2) is 19.8. The van der Waals surface area contributed by atoms with E-state index < -0.39 is 0 Å². The minimum absolute atomic E-state index is 0. The second-order valence-electron chi connectivity index (χ2n) is 0. The zero-order valence-electron chi connectivity index (χ0n) is 2.50. The summed E-state index contributed by atoms with van der Waals surface area (Å²) in [5, 5.41) is 0. The second-order valence-corrected chi connectivity index (χ2v) is 0. The molecule has 0 aromatic rings. The summed E-state index contributed by atoms with van der Waals surface area (Å²) >= 11 is 0. The number of rotatable bonds is 0. The summed E-state index contributed by atoms with van der Waals surface area (Å²) in [5.74, 6) is 0. The van der Waals surface area contributed by atoms with Gasteiger partial charge in [0.1, 0.15) is 0 Å². The fourth-order valence-corrected chi connectivity index (χ4v) is 0. The Morgan fingerprint density at radius 3 is 1.00 bits per heavy atom. The third kappa shape index (κ3) is 8.97. The monoisotopic (exact) mass is 196 g/mol. The fraction of sp³-hybridized carbons (Fsp3) is 0. The molecule has 0 aromatic heterocycles. The van der Waals surface area contributed by atoms with E-state index in [0.717, 1.165) is 0 Å². The van der Waals surface area contributed by atoms with Gasteiger partial charge >= 0.3 is 0 Å². The van der Waals surface area contributed by atoms with E-state index in [2.05, 4.69) is 0 Å². The first kappa shape index (κ1) is 16.6. The van der Waals surface area contributed by atoms with Crippen LogP contribution >= 0.6 is 0 Å². The van der Waals surface area contributed by atoms with Crippen molar-refractivity contribution in [1.82, 2.24) is 0 Å². The Balaban J connectivity index is -0.00000000500. The van der Waals surface area contributed by atoms with Gasteiger partial charge in [-0.3, -0.25) is 0 Å². The first-order chi connectivity index (χ1) is 1.00. The Morgan fingerprint density at radius 2 is 1.00 bits per heavy atom. The number of hydrogen-bond acceptors (Lipinski definition) is 0. The van der Waals surface area contributed by atoms with Crippen LogP contribution in [0.2, 0.25) is 0 Å². The maximum absolute atomic E-state index is 2.00. The predicted octanol–water partition coefficient (Wildman–Crippen LogP) is -3.02. The predicted molar refractivity (Wildman–Crippen MR) is 27.0 cm³/mol. The van der Waals surface area contributed by atoms with E-state index in [1.165, 1.54) is 0 Å². The maximum atomic E-state index is 2.00. The average molecular weight is 196 g/mol. The standard InChI is InChI=1S/Al.B2H4.Ce.3H/c;1-2;;;;/h;1-2H2;;;;. The van der Waals surface area contributed by atoms with Crippen molar-refractivity contribution in [3.05, 3.63) is 0 Å². The summed E-state index contributed by atoms with van der Waals surface area (Å²) in [4.78, 5) is 0. The molecule has 0 saturated carbocycles. The Labute approximate surface area is 73.4 Å². The van der Waals surface area contributed by atoms with Gasteiger partial charge in [0.2, 0.25) is 0 Å². The van der Waals surface area contributed by atoms with E-state index in [-0.39, 0.29) is 59.1 Å². The molecule has 4 heavy (non-hydrogen) atoms. The molecule has 0 aliphatic rings. The van der Waals surface area contributed by atoms with Gasteiger partial charge in [-0.1, -0.05) is 0 Å². The quantitative estimate of drug-likeness (QED) is 0.362. The molecule has 0 aliphatic carbocycles. The van der Waals surface area contributed by atoms with E-state index in [1.54, 1.807) is 0 Å². The van der Waals surface area contributed by atoms with Crippen molar-refractivity contribution in [2.24, 2.45) is 0 Å². The van der Waals surface area contributed by atoms with Gasteiger partial charge in [-0.2, -0.15) is 0 Å². The van der Waals surface area contributed by atoms with Gasteiger partial charge in [0, 0.05) is 41.7 Å². The molecule has 0 rings (SSSR count). The molecule has 0 N–H and O–H groups in total. The van der Waals surface area contributed by atoms with Crippen molar-refractivity contribution in [2.75, 3.05) is 0 Å². The van der Waals surface area contributed by atoms with Gasteiger partial charge < -0.3 is 0 Å². The van der Waals surface area contributed by atoms with Crippen LogP contribution in [0.15, 0.2) is 0 Å². The smallest absolute Gasteiger partial charge is 0 e. The normalized spacial score (nSPS) is 1.00. The fourth-order valence-electron chi connectivity index (χ4n) is 0. The van der Waals surface area contributed by atoms with Crippen molar-refractivity contribution < 1.29 is 41.7 Å². The Morgan fingerprint density at radius 1 is 1.00 bits per heavy atom. The molecule has 0 saturated heterocycles. The Hall–Kier alpha value is 2.04. The topological polar surface area (TPSA) is 0 Å². The molecule has 4 heteroatoms. The van der Waals surface area contributed by atoms with Gasteiger partial charge in [-0.15, -0.1) is 0 Å². The molecular formula is H7AlB2Ce. The molecule has 0 aliphatic heterocycles. The van der Waals surface area contributed by atoms with E-state index in [9.17, 15) is 0 Å². The van der Waals surface area contributed by atoms with Crippen molar-refractivity contribution in [1.29, 1.82) is 0 Å². The molecule has 0 spiro atoms. The largest absolute Gasteiger partial charge is 0.187 e. The van der Waals surface area contributed by atoms with Crippen molar-refractivity contribution in [2.45, 2.75) is 0 Å². The zero-order valence-corrected chi connectivity index (χ0v) is 5.64. The first-order valence-electron chi connectivity index (χ1n) is 1.00. The van der Waals surface area contributed by atoms with Crippen LogP contribution in [0, 0.1) is 41.7 Å².